The van der Waals surface area contributed by atoms with Crippen LogP contribution in [0.3, 0.4) is 0 Å². The summed E-state index contributed by atoms with van der Waals surface area (Å²) < 4.78 is 0. The number of para-hydroxylation sites is 1. The van der Waals surface area contributed by atoms with Gasteiger partial charge in [-0.3, -0.25) is 0 Å². The molecule has 0 unspecified atom stereocenters. The number of H-pyrrole nitrogens is 1. The van der Waals surface area contributed by atoms with Crippen molar-refractivity contribution in [3.63, 3.8) is 0 Å². The topological polar surface area (TPSA) is 15.8 Å². The summed E-state index contributed by atoms with van der Waals surface area (Å²) in [5.74, 6) is 0. The number of aromatic nitrogens is 1. The Hall–Kier alpha value is -2.54. The Morgan fingerprint density at radius 3 is 2.42 bits per heavy atom. The summed E-state index contributed by atoms with van der Waals surface area (Å²) in [6, 6.07) is 25.5. The minimum atomic E-state index is 1.18. The summed E-state index contributed by atoms with van der Waals surface area (Å²) in [7, 11) is 0. The van der Waals surface area contributed by atoms with Crippen LogP contribution < -0.4 is 0 Å². The summed E-state index contributed by atoms with van der Waals surface area (Å²) in [5.41, 5.74) is 6.20. The molecular formula is C18H13N. The third kappa shape index (κ3) is 1.63. The molecule has 0 fully saturated rings. The van der Waals surface area contributed by atoms with Gasteiger partial charge in [-0.05, 0) is 23.3 Å². The number of hydrogen-bond acceptors (Lipinski definition) is 0. The molecule has 0 amide bonds. The molecule has 0 aliphatic heterocycles. The summed E-state index contributed by atoms with van der Waals surface area (Å²) in [6.07, 6.45) is 0. The van der Waals surface area contributed by atoms with Gasteiger partial charge in [-0.2, -0.15) is 0 Å². The molecule has 4 rings (SSSR count). The van der Waals surface area contributed by atoms with Crippen LogP contribution in [0.2, 0.25) is 0 Å². The molecule has 1 aromatic heterocycles. The van der Waals surface area contributed by atoms with Crippen molar-refractivity contribution in [3.8, 4) is 22.4 Å². The van der Waals surface area contributed by atoms with E-state index in [1.54, 1.807) is 0 Å². The van der Waals surface area contributed by atoms with E-state index in [4.69, 9.17) is 0 Å². The molecular weight excluding hydrogens is 230 g/mol. The van der Waals surface area contributed by atoms with Crippen LogP contribution in [0.1, 0.15) is 0 Å². The lowest BCUT2D eigenvalue weighted by molar-refractivity contribution is 1.47. The molecule has 1 nitrogen and oxygen atoms in total. The highest BCUT2D eigenvalue weighted by Gasteiger charge is 2.11. The van der Waals surface area contributed by atoms with Crippen LogP contribution in [0.25, 0.3) is 33.3 Å². The third-order valence-electron chi connectivity index (χ3n) is 3.61. The fourth-order valence-corrected chi connectivity index (χ4v) is 2.67. The van der Waals surface area contributed by atoms with Gasteiger partial charge in [0.05, 0.1) is 0 Å². The number of nitrogens with one attached hydrogen (secondary N) is 1. The van der Waals surface area contributed by atoms with Gasteiger partial charge in [-0.1, -0.05) is 60.7 Å². The van der Waals surface area contributed by atoms with Gasteiger partial charge in [0, 0.05) is 22.2 Å². The standard InChI is InChI=1S/C18H13N/c1-2-6-13-10-11-16(15(13)8-3-1)18-12-14-7-4-5-9-17(14)19-18/h1-12,19H. The van der Waals surface area contributed by atoms with E-state index in [1.807, 2.05) is 0 Å². The molecule has 1 heteroatoms. The summed E-state index contributed by atoms with van der Waals surface area (Å²) in [5, 5.41) is 1.26. The monoisotopic (exact) mass is 243 g/mol. The second kappa shape index (κ2) is 3.99. The average molecular weight is 243 g/mol. The first-order chi connectivity index (χ1) is 9.42. The lowest BCUT2D eigenvalue weighted by atomic mass is 10.1. The molecule has 0 radical (unpaired) electrons. The number of rotatable bonds is 1. The molecule has 0 atom stereocenters. The van der Waals surface area contributed by atoms with Crippen molar-refractivity contribution >= 4 is 10.9 Å². The van der Waals surface area contributed by atoms with Gasteiger partial charge in [0.25, 0.3) is 0 Å². The molecule has 2 aliphatic rings. The van der Waals surface area contributed by atoms with E-state index in [0.717, 1.165) is 0 Å². The van der Waals surface area contributed by atoms with Gasteiger partial charge >= 0.3 is 0 Å². The Balaban J connectivity index is 1.96. The van der Waals surface area contributed by atoms with E-state index < -0.39 is 0 Å². The lowest BCUT2D eigenvalue weighted by Crippen LogP contribution is -1.75. The van der Waals surface area contributed by atoms with Crippen LogP contribution in [0.5, 0.6) is 0 Å². The van der Waals surface area contributed by atoms with Crippen molar-refractivity contribution in [1.29, 1.82) is 0 Å². The van der Waals surface area contributed by atoms with E-state index in [0.29, 0.717) is 0 Å². The van der Waals surface area contributed by atoms with Gasteiger partial charge in [0.1, 0.15) is 0 Å². The largest absolute Gasteiger partial charge is 0.355 e. The van der Waals surface area contributed by atoms with E-state index in [1.165, 1.54) is 33.3 Å². The maximum absolute atomic E-state index is 3.50. The summed E-state index contributed by atoms with van der Waals surface area (Å²) in [4.78, 5) is 3.50. The predicted octanol–water partition coefficient (Wildman–Crippen LogP) is 4.94. The number of hydrogen-bond donors (Lipinski definition) is 1. The van der Waals surface area contributed by atoms with Crippen molar-refractivity contribution < 1.29 is 0 Å². The summed E-state index contributed by atoms with van der Waals surface area (Å²) in [6.45, 7) is 0. The van der Waals surface area contributed by atoms with Gasteiger partial charge in [0.2, 0.25) is 0 Å². The first-order valence-electron chi connectivity index (χ1n) is 6.48. The molecule has 0 spiro atoms. The summed E-state index contributed by atoms with van der Waals surface area (Å²) >= 11 is 0. The minimum Gasteiger partial charge on any atom is -0.355 e. The maximum Gasteiger partial charge on any atom is 0.0471 e. The van der Waals surface area contributed by atoms with Gasteiger partial charge in [0.15, 0.2) is 0 Å². The van der Waals surface area contributed by atoms with Crippen LogP contribution in [-0.2, 0) is 0 Å². The van der Waals surface area contributed by atoms with Crippen LogP contribution in [0.15, 0.2) is 72.8 Å². The van der Waals surface area contributed by atoms with E-state index >= 15 is 0 Å². The second-order valence-electron chi connectivity index (χ2n) is 4.80. The third-order valence-corrected chi connectivity index (χ3v) is 3.61. The van der Waals surface area contributed by atoms with Crippen molar-refractivity contribution in [2.24, 2.45) is 0 Å². The maximum atomic E-state index is 3.50. The SMILES string of the molecule is c1ccc2ccc(-c3cc4ccccc4[nH]3)c-2cc1. The fraction of sp³-hybridized carbons (Fsp3) is 0. The molecule has 0 bridgehead atoms. The zero-order valence-corrected chi connectivity index (χ0v) is 10.4. The van der Waals surface area contributed by atoms with E-state index in [9.17, 15) is 0 Å². The Labute approximate surface area is 111 Å². The highest BCUT2D eigenvalue weighted by atomic mass is 14.7. The fourth-order valence-electron chi connectivity index (χ4n) is 2.67. The van der Waals surface area contributed by atoms with Gasteiger partial charge < -0.3 is 4.98 Å². The molecule has 0 saturated carbocycles. The molecule has 2 aliphatic carbocycles. The molecule has 1 N–H and O–H groups in total. The molecule has 2 aromatic rings. The van der Waals surface area contributed by atoms with Gasteiger partial charge in [-0.25, -0.2) is 0 Å². The number of fused-ring (bicyclic) bond motifs is 2. The quantitative estimate of drug-likeness (QED) is 0.487. The van der Waals surface area contributed by atoms with E-state index in [2.05, 4.69) is 77.8 Å². The van der Waals surface area contributed by atoms with Crippen LogP contribution in [-0.4, -0.2) is 4.98 Å². The van der Waals surface area contributed by atoms with Gasteiger partial charge in [-0.15, -0.1) is 0 Å². The highest BCUT2D eigenvalue weighted by molar-refractivity contribution is 5.91. The zero-order chi connectivity index (χ0) is 12.7. The van der Waals surface area contributed by atoms with Crippen molar-refractivity contribution in [2.45, 2.75) is 0 Å². The molecule has 1 heterocycles. The lowest BCUT2D eigenvalue weighted by Gasteiger charge is -1.98. The predicted molar refractivity (Wildman–Crippen MR) is 80.4 cm³/mol. The first-order valence-corrected chi connectivity index (χ1v) is 6.48. The number of benzene rings is 1. The van der Waals surface area contributed by atoms with Crippen LogP contribution >= 0.6 is 0 Å². The molecule has 0 saturated heterocycles. The van der Waals surface area contributed by atoms with Crippen LogP contribution in [0.4, 0.5) is 0 Å². The van der Waals surface area contributed by atoms with Crippen molar-refractivity contribution in [2.75, 3.05) is 0 Å². The molecule has 90 valence electrons. The number of aromatic amines is 1. The first kappa shape index (κ1) is 10.4. The molecule has 1 aromatic carbocycles. The molecule has 19 heavy (non-hydrogen) atoms. The minimum absolute atomic E-state index is 1.18. The Bertz CT molecular complexity index is 793. The second-order valence-corrected chi connectivity index (χ2v) is 4.80. The average Bonchev–Trinajstić information content (AvgIpc) is 2.96. The Morgan fingerprint density at radius 1 is 0.632 bits per heavy atom. The van der Waals surface area contributed by atoms with Crippen LogP contribution in [0, 0.1) is 0 Å². The van der Waals surface area contributed by atoms with E-state index in [-0.39, 0.29) is 0 Å². The smallest absolute Gasteiger partial charge is 0.0471 e. The van der Waals surface area contributed by atoms with Crippen molar-refractivity contribution in [1.82, 2.24) is 4.98 Å². The Morgan fingerprint density at radius 2 is 1.47 bits per heavy atom. The highest BCUT2D eigenvalue weighted by Crippen LogP contribution is 2.35. The Kier molecular flexibility index (Phi) is 2.18. The van der Waals surface area contributed by atoms with Crippen molar-refractivity contribution in [3.05, 3.63) is 72.8 Å². The zero-order valence-electron chi connectivity index (χ0n) is 10.4. The normalized spacial score (nSPS) is 11.2.